The van der Waals surface area contributed by atoms with E-state index in [1.165, 1.54) is 19.3 Å². The van der Waals surface area contributed by atoms with E-state index < -0.39 is 6.09 Å². The molecular weight excluding hydrogens is 505 g/mol. The van der Waals surface area contributed by atoms with Crippen LogP contribution in [0.15, 0.2) is 48.5 Å². The van der Waals surface area contributed by atoms with E-state index in [0.717, 1.165) is 66.6 Å². The van der Waals surface area contributed by atoms with Crippen LogP contribution in [0.25, 0.3) is 17.3 Å². The van der Waals surface area contributed by atoms with Gasteiger partial charge in [0.25, 0.3) is 0 Å². The van der Waals surface area contributed by atoms with Crippen molar-refractivity contribution in [3.05, 3.63) is 75.4 Å². The molecule has 1 heterocycles. The summed E-state index contributed by atoms with van der Waals surface area (Å²) in [5.74, 6) is 0.847. The van der Waals surface area contributed by atoms with Gasteiger partial charge >= 0.3 is 6.09 Å². The van der Waals surface area contributed by atoms with Crippen LogP contribution in [0.3, 0.4) is 0 Å². The molecule has 0 unspecified atom stereocenters. The molecule has 5 rings (SSSR count). The number of ether oxygens (including phenoxy) is 1. The molecule has 0 aliphatic heterocycles. The van der Waals surface area contributed by atoms with Crippen LogP contribution in [-0.4, -0.2) is 21.9 Å². The van der Waals surface area contributed by atoms with E-state index in [1.807, 2.05) is 53.2 Å². The van der Waals surface area contributed by atoms with Crippen molar-refractivity contribution in [3.63, 3.8) is 0 Å². The number of aromatic nitrogens is 2. The third kappa shape index (κ3) is 6.05. The molecule has 2 aliphatic carbocycles. The van der Waals surface area contributed by atoms with E-state index in [4.69, 9.17) is 33.0 Å². The number of rotatable bonds is 5. The van der Waals surface area contributed by atoms with Crippen molar-refractivity contribution < 1.29 is 9.53 Å². The highest BCUT2D eigenvalue weighted by atomic mass is 35.5. The smallest absolute Gasteiger partial charge is 0.389 e. The van der Waals surface area contributed by atoms with Crippen molar-refractivity contribution in [1.29, 1.82) is 0 Å². The number of nitrogens with one attached hydrogen (secondary N) is 1. The number of hydrogen-bond donors (Lipinski definition) is 1. The molecule has 1 N–H and O–H groups in total. The second-order valence-electron chi connectivity index (χ2n) is 10.1. The number of fused-ring (bicyclic) bond motifs is 1. The summed E-state index contributed by atoms with van der Waals surface area (Å²) in [5, 5.41) is 9.18. The molecule has 1 saturated carbocycles. The van der Waals surface area contributed by atoms with Crippen LogP contribution in [0.4, 0.5) is 4.79 Å². The number of hydrogen-bond acceptors (Lipinski definition) is 3. The Balaban J connectivity index is 1.51. The van der Waals surface area contributed by atoms with Gasteiger partial charge in [0.1, 0.15) is 0 Å². The zero-order valence-corrected chi connectivity index (χ0v) is 22.7. The van der Waals surface area contributed by atoms with Crippen LogP contribution < -0.4 is 10.1 Å². The topological polar surface area (TPSA) is 56.1 Å². The average molecular weight is 539 g/mol. The van der Waals surface area contributed by atoms with Crippen LogP contribution in [0.1, 0.15) is 75.1 Å². The molecule has 37 heavy (non-hydrogen) atoms. The zero-order chi connectivity index (χ0) is 25.8. The zero-order valence-electron chi connectivity index (χ0n) is 21.2. The highest BCUT2D eigenvalue weighted by Crippen LogP contribution is 2.39. The molecule has 1 amide bonds. The van der Waals surface area contributed by atoms with Crippen molar-refractivity contribution >= 4 is 40.9 Å². The number of benzene rings is 2. The third-order valence-corrected chi connectivity index (χ3v) is 8.13. The summed E-state index contributed by atoms with van der Waals surface area (Å²) in [5.41, 5.74) is 4.84. The molecule has 1 atom stereocenters. The van der Waals surface area contributed by atoms with E-state index >= 15 is 0 Å². The molecule has 2 aliphatic rings. The first-order valence-corrected chi connectivity index (χ1v) is 14.1. The third-order valence-electron chi connectivity index (χ3n) is 7.56. The Hall–Kier alpha value is -2.76. The Morgan fingerprint density at radius 1 is 1.03 bits per heavy atom. The van der Waals surface area contributed by atoms with Crippen LogP contribution in [0, 0.1) is 5.92 Å². The van der Waals surface area contributed by atoms with Gasteiger partial charge in [-0.1, -0.05) is 66.7 Å². The lowest BCUT2D eigenvalue weighted by Gasteiger charge is -2.27. The van der Waals surface area contributed by atoms with Crippen molar-refractivity contribution in [2.45, 2.75) is 70.8 Å². The summed E-state index contributed by atoms with van der Waals surface area (Å²) >= 11 is 12.7. The van der Waals surface area contributed by atoms with Gasteiger partial charge in [0, 0.05) is 16.6 Å². The Morgan fingerprint density at radius 3 is 2.51 bits per heavy atom. The lowest BCUT2D eigenvalue weighted by molar-refractivity contribution is 0.184. The molecule has 7 heteroatoms. The number of amides is 1. The maximum atomic E-state index is 13.0. The highest BCUT2D eigenvalue weighted by molar-refractivity contribution is 6.32. The molecule has 0 bridgehead atoms. The second-order valence-corrected chi connectivity index (χ2v) is 11.0. The maximum Gasteiger partial charge on any atom is 0.414 e. The SMILES string of the molecule is C[C@@H](NC(=O)Oc1nn(-c2ccccc2Cl)c2c1CCCC/C2=C\c1ccc(Cl)cc1)C1CCCCC1. The normalized spacial score (nSPS) is 18.2. The lowest BCUT2D eigenvalue weighted by Crippen LogP contribution is -2.40. The molecule has 1 aromatic heterocycles. The van der Waals surface area contributed by atoms with Gasteiger partial charge in [0.05, 0.1) is 16.4 Å². The monoisotopic (exact) mass is 537 g/mol. The molecule has 0 radical (unpaired) electrons. The Morgan fingerprint density at radius 2 is 1.76 bits per heavy atom. The fourth-order valence-corrected chi connectivity index (χ4v) is 5.90. The van der Waals surface area contributed by atoms with Crippen LogP contribution in [0.5, 0.6) is 5.88 Å². The van der Waals surface area contributed by atoms with Crippen LogP contribution in [-0.2, 0) is 6.42 Å². The van der Waals surface area contributed by atoms with E-state index in [2.05, 4.69) is 18.3 Å². The molecule has 2 aromatic carbocycles. The predicted molar refractivity (Wildman–Crippen MR) is 151 cm³/mol. The summed E-state index contributed by atoms with van der Waals surface area (Å²) in [7, 11) is 0. The summed E-state index contributed by atoms with van der Waals surface area (Å²) in [6.45, 7) is 2.08. The second kappa shape index (κ2) is 11.7. The number of carbonyl (C=O) groups is 1. The highest BCUT2D eigenvalue weighted by Gasteiger charge is 2.28. The summed E-state index contributed by atoms with van der Waals surface area (Å²) < 4.78 is 7.76. The van der Waals surface area contributed by atoms with Crippen molar-refractivity contribution in [2.24, 2.45) is 5.92 Å². The Labute approximate surface area is 228 Å². The minimum Gasteiger partial charge on any atom is -0.389 e. The van der Waals surface area contributed by atoms with E-state index in [0.29, 0.717) is 21.8 Å². The molecule has 1 fully saturated rings. The number of para-hydroxylation sites is 1. The largest absolute Gasteiger partial charge is 0.414 e. The fourth-order valence-electron chi connectivity index (χ4n) is 5.56. The maximum absolute atomic E-state index is 13.0. The molecular formula is C30H33Cl2N3O2. The predicted octanol–water partition coefficient (Wildman–Crippen LogP) is 8.50. The molecule has 194 valence electrons. The lowest BCUT2D eigenvalue weighted by atomic mass is 9.85. The van der Waals surface area contributed by atoms with Crippen molar-refractivity contribution in [2.75, 3.05) is 0 Å². The Kier molecular flexibility index (Phi) is 8.21. The van der Waals surface area contributed by atoms with Gasteiger partial charge in [-0.15, -0.1) is 5.10 Å². The minimum absolute atomic E-state index is 0.0671. The summed E-state index contributed by atoms with van der Waals surface area (Å²) in [6.07, 6.45) is 11.4. The number of allylic oxidation sites excluding steroid dienone is 1. The molecule has 0 spiro atoms. The van der Waals surface area contributed by atoms with Crippen LogP contribution >= 0.6 is 23.2 Å². The van der Waals surface area contributed by atoms with Gasteiger partial charge < -0.3 is 10.1 Å². The molecule has 0 saturated heterocycles. The van der Waals surface area contributed by atoms with Gasteiger partial charge in [0.2, 0.25) is 5.88 Å². The molecule has 3 aromatic rings. The first-order valence-electron chi connectivity index (χ1n) is 13.3. The van der Waals surface area contributed by atoms with E-state index in [1.54, 1.807) is 0 Å². The minimum atomic E-state index is -0.447. The van der Waals surface area contributed by atoms with Crippen molar-refractivity contribution in [1.82, 2.24) is 15.1 Å². The van der Waals surface area contributed by atoms with Crippen LogP contribution in [0.2, 0.25) is 10.0 Å². The van der Waals surface area contributed by atoms with E-state index in [-0.39, 0.29) is 6.04 Å². The van der Waals surface area contributed by atoms with Gasteiger partial charge in [-0.2, -0.15) is 0 Å². The van der Waals surface area contributed by atoms with Gasteiger partial charge in [0.15, 0.2) is 0 Å². The van der Waals surface area contributed by atoms with Gasteiger partial charge in [-0.3, -0.25) is 0 Å². The first-order chi connectivity index (χ1) is 18.0. The quantitative estimate of drug-likeness (QED) is 0.332. The van der Waals surface area contributed by atoms with Crippen molar-refractivity contribution in [3.8, 4) is 11.6 Å². The number of carbonyl (C=O) groups excluding carboxylic acids is 1. The van der Waals surface area contributed by atoms with Gasteiger partial charge in [-0.05, 0) is 92.8 Å². The average Bonchev–Trinajstić information content (AvgIpc) is 3.11. The fraction of sp³-hybridized carbons (Fsp3) is 0.400. The number of nitrogens with zero attached hydrogens (tertiary/aromatic N) is 2. The summed E-state index contributed by atoms with van der Waals surface area (Å²) in [6, 6.07) is 15.5. The Bertz CT molecular complexity index is 1280. The summed E-state index contributed by atoms with van der Waals surface area (Å²) in [4.78, 5) is 13.0. The number of halogens is 2. The first kappa shape index (κ1) is 25.9. The molecule has 5 nitrogen and oxygen atoms in total. The van der Waals surface area contributed by atoms with Gasteiger partial charge in [-0.25, -0.2) is 9.48 Å². The van der Waals surface area contributed by atoms with E-state index in [9.17, 15) is 4.79 Å². The standard InChI is InChI=1S/C30H33Cl2N3O2/c1-20(22-9-3-2-4-10-22)33-30(36)37-29-25-12-6-5-11-23(19-21-15-17-24(31)18-16-21)28(25)35(34-29)27-14-8-7-13-26(27)32/h7-8,13-20,22H,2-6,9-12H2,1H3,(H,33,36)/b23-19+/t20-/m1/s1.